The van der Waals surface area contributed by atoms with Crippen molar-refractivity contribution >= 4 is 50.7 Å². The van der Waals surface area contributed by atoms with E-state index in [1.54, 1.807) is 20.9 Å². The van der Waals surface area contributed by atoms with Crippen molar-refractivity contribution in [3.05, 3.63) is 36.0 Å². The van der Waals surface area contributed by atoms with Crippen molar-refractivity contribution in [2.75, 3.05) is 25.9 Å². The van der Waals surface area contributed by atoms with E-state index in [0.717, 1.165) is 17.2 Å². The third kappa shape index (κ3) is 4.11. The monoisotopic (exact) mass is 476 g/mol. The molecule has 0 bridgehead atoms. The molecule has 6 nitrogen and oxygen atoms in total. The number of aromatic nitrogens is 1. The number of hydrogen-bond donors (Lipinski definition) is 2. The van der Waals surface area contributed by atoms with Gasteiger partial charge in [0.15, 0.2) is 15.8 Å². The molecule has 25 heavy (non-hydrogen) atoms. The van der Waals surface area contributed by atoms with Crippen LogP contribution >= 0.6 is 24.0 Å². The Morgan fingerprint density at radius 3 is 2.72 bits per heavy atom. The summed E-state index contributed by atoms with van der Waals surface area (Å²) in [5.41, 5.74) is 2.18. The van der Waals surface area contributed by atoms with Crippen LogP contribution in [0.25, 0.3) is 10.9 Å². The van der Waals surface area contributed by atoms with Gasteiger partial charge >= 0.3 is 0 Å². The number of rotatable bonds is 2. The minimum atomic E-state index is -3.05. The zero-order valence-electron chi connectivity index (χ0n) is 14.7. The summed E-state index contributed by atoms with van der Waals surface area (Å²) >= 11 is 0. The summed E-state index contributed by atoms with van der Waals surface area (Å²) in [4.78, 5) is 9.71. The van der Waals surface area contributed by atoms with Gasteiger partial charge in [-0.3, -0.25) is 4.99 Å². The van der Waals surface area contributed by atoms with Crippen molar-refractivity contribution in [2.24, 2.45) is 4.99 Å². The molecule has 1 aliphatic rings. The Labute approximate surface area is 166 Å². The van der Waals surface area contributed by atoms with Crippen LogP contribution in [0.3, 0.4) is 0 Å². The summed E-state index contributed by atoms with van der Waals surface area (Å²) < 4.78 is 23.5. The predicted octanol–water partition coefficient (Wildman–Crippen LogP) is 2.37. The summed E-state index contributed by atoms with van der Waals surface area (Å²) in [5.74, 6) is 0.893. The number of H-pyrrole nitrogens is 1. The molecule has 8 heteroatoms. The first-order valence-electron chi connectivity index (χ1n) is 8.07. The lowest BCUT2D eigenvalue weighted by Gasteiger charge is -2.39. The fraction of sp³-hybridized carbons (Fsp3) is 0.471. The van der Waals surface area contributed by atoms with Crippen LogP contribution in [0.4, 0.5) is 0 Å². The van der Waals surface area contributed by atoms with E-state index in [2.05, 4.69) is 27.4 Å². The van der Waals surface area contributed by atoms with Crippen LogP contribution in [-0.4, -0.2) is 54.9 Å². The number of hydrogen-bond acceptors (Lipinski definition) is 3. The topological polar surface area (TPSA) is 77.6 Å². The molecule has 0 unspecified atom stereocenters. The quantitative estimate of drug-likeness (QED) is 0.397. The highest BCUT2D eigenvalue weighted by molar-refractivity contribution is 14.0. The van der Waals surface area contributed by atoms with E-state index in [9.17, 15) is 8.42 Å². The van der Waals surface area contributed by atoms with Crippen LogP contribution in [0, 0.1) is 0 Å². The normalized spacial score (nSPS) is 19.5. The zero-order valence-corrected chi connectivity index (χ0v) is 17.9. The molecule has 0 amide bonds. The standard InChI is InChI=1S/C17H24N4O2S.HI/c1-17(2)12-21(8-9-24(17,22)23)16(18-3)19-11-14-10-13-6-4-5-7-15(13)20-14;/h4-7,10,20H,8-9,11-12H2,1-3H3,(H,18,19);1H. The van der Waals surface area contributed by atoms with Crippen LogP contribution in [0.15, 0.2) is 35.3 Å². The minimum absolute atomic E-state index is 0. The van der Waals surface area contributed by atoms with Crippen molar-refractivity contribution in [1.29, 1.82) is 0 Å². The van der Waals surface area contributed by atoms with E-state index < -0.39 is 14.6 Å². The molecule has 3 rings (SSSR count). The summed E-state index contributed by atoms with van der Waals surface area (Å²) in [5, 5.41) is 4.51. The Bertz CT molecular complexity index is 841. The van der Waals surface area contributed by atoms with Crippen molar-refractivity contribution in [3.63, 3.8) is 0 Å². The van der Waals surface area contributed by atoms with Gasteiger partial charge in [0.25, 0.3) is 0 Å². The average molecular weight is 476 g/mol. The van der Waals surface area contributed by atoms with Gasteiger partial charge in [-0.05, 0) is 31.4 Å². The molecule has 0 atom stereocenters. The molecule has 0 radical (unpaired) electrons. The Hall–Kier alpha value is -1.29. The first kappa shape index (κ1) is 20.0. The maximum absolute atomic E-state index is 12.1. The molecule has 1 fully saturated rings. The van der Waals surface area contributed by atoms with E-state index in [1.165, 1.54) is 5.39 Å². The first-order valence-corrected chi connectivity index (χ1v) is 9.72. The molecular weight excluding hydrogens is 451 g/mol. The van der Waals surface area contributed by atoms with Gasteiger partial charge in [0.05, 0.1) is 17.0 Å². The molecule has 2 aromatic rings. The van der Waals surface area contributed by atoms with Gasteiger partial charge in [-0.2, -0.15) is 0 Å². The van der Waals surface area contributed by atoms with Crippen LogP contribution in [0.5, 0.6) is 0 Å². The lowest BCUT2D eigenvalue weighted by molar-refractivity contribution is 0.353. The number of nitrogens with one attached hydrogen (secondary N) is 2. The number of para-hydroxylation sites is 1. The van der Waals surface area contributed by atoms with Gasteiger partial charge in [0.1, 0.15) is 0 Å². The van der Waals surface area contributed by atoms with Crippen molar-refractivity contribution in [1.82, 2.24) is 15.2 Å². The summed E-state index contributed by atoms with van der Waals surface area (Å²) in [6, 6.07) is 10.3. The minimum Gasteiger partial charge on any atom is -0.357 e. The number of aromatic amines is 1. The van der Waals surface area contributed by atoms with E-state index in [4.69, 9.17) is 0 Å². The Kier molecular flexibility index (Phi) is 6.03. The molecule has 0 saturated carbocycles. The average Bonchev–Trinajstić information content (AvgIpc) is 2.94. The third-order valence-corrected chi connectivity index (χ3v) is 7.11. The number of aliphatic imine (C=N–C) groups is 1. The maximum Gasteiger partial charge on any atom is 0.194 e. The van der Waals surface area contributed by atoms with Crippen molar-refractivity contribution in [2.45, 2.75) is 25.1 Å². The molecule has 138 valence electrons. The van der Waals surface area contributed by atoms with E-state index in [-0.39, 0.29) is 29.7 Å². The van der Waals surface area contributed by atoms with Crippen LogP contribution in [-0.2, 0) is 16.4 Å². The lowest BCUT2D eigenvalue weighted by atomic mass is 10.2. The van der Waals surface area contributed by atoms with Crippen LogP contribution in [0.2, 0.25) is 0 Å². The number of nitrogens with zero attached hydrogens (tertiary/aromatic N) is 2. The number of fused-ring (bicyclic) bond motifs is 1. The fourth-order valence-electron chi connectivity index (χ4n) is 3.06. The Morgan fingerprint density at radius 2 is 2.08 bits per heavy atom. The second-order valence-corrected chi connectivity index (χ2v) is 9.53. The molecule has 1 aromatic heterocycles. The van der Waals surface area contributed by atoms with Gasteiger partial charge in [0, 0.05) is 31.3 Å². The van der Waals surface area contributed by atoms with Crippen molar-refractivity contribution in [3.8, 4) is 0 Å². The van der Waals surface area contributed by atoms with Crippen LogP contribution in [0.1, 0.15) is 19.5 Å². The highest BCUT2D eigenvalue weighted by Crippen LogP contribution is 2.23. The lowest BCUT2D eigenvalue weighted by Crippen LogP contribution is -2.57. The van der Waals surface area contributed by atoms with Gasteiger partial charge in [-0.25, -0.2) is 8.42 Å². The number of benzene rings is 1. The van der Waals surface area contributed by atoms with Gasteiger partial charge < -0.3 is 15.2 Å². The maximum atomic E-state index is 12.1. The molecular formula is C17H25IN4O2S. The molecule has 1 aliphatic heterocycles. The van der Waals surface area contributed by atoms with Crippen molar-refractivity contribution < 1.29 is 8.42 Å². The number of halogens is 1. The Balaban J connectivity index is 0.00000225. The first-order chi connectivity index (χ1) is 11.3. The van der Waals surface area contributed by atoms with E-state index in [1.807, 2.05) is 23.1 Å². The predicted molar refractivity (Wildman–Crippen MR) is 113 cm³/mol. The summed E-state index contributed by atoms with van der Waals surface area (Å²) in [6.45, 7) is 5.09. The molecule has 0 spiro atoms. The van der Waals surface area contributed by atoms with Gasteiger partial charge in [0.2, 0.25) is 0 Å². The van der Waals surface area contributed by atoms with E-state index in [0.29, 0.717) is 19.6 Å². The fourth-order valence-corrected chi connectivity index (χ4v) is 4.43. The van der Waals surface area contributed by atoms with Crippen LogP contribution < -0.4 is 5.32 Å². The molecule has 0 aliphatic carbocycles. The second-order valence-electron chi connectivity index (χ2n) is 6.78. The smallest absolute Gasteiger partial charge is 0.194 e. The largest absolute Gasteiger partial charge is 0.357 e. The van der Waals surface area contributed by atoms with Gasteiger partial charge in [-0.1, -0.05) is 18.2 Å². The Morgan fingerprint density at radius 1 is 1.36 bits per heavy atom. The zero-order chi connectivity index (χ0) is 17.4. The summed E-state index contributed by atoms with van der Waals surface area (Å²) in [7, 11) is -1.32. The number of sulfone groups is 1. The highest BCUT2D eigenvalue weighted by atomic mass is 127. The molecule has 2 heterocycles. The highest BCUT2D eigenvalue weighted by Gasteiger charge is 2.40. The number of guanidine groups is 1. The molecule has 2 N–H and O–H groups in total. The molecule has 1 aromatic carbocycles. The molecule has 1 saturated heterocycles. The van der Waals surface area contributed by atoms with E-state index >= 15 is 0 Å². The second kappa shape index (κ2) is 7.53. The SMILES string of the molecule is CN=C(NCc1cc2ccccc2[nH]1)N1CCS(=O)(=O)C(C)(C)C1.I. The summed E-state index contributed by atoms with van der Waals surface area (Å²) in [6.07, 6.45) is 0. The van der Waals surface area contributed by atoms with Gasteiger partial charge in [-0.15, -0.1) is 24.0 Å². The third-order valence-electron chi connectivity index (χ3n) is 4.58.